The number of thioether (sulfide) groups is 1. The van der Waals surface area contributed by atoms with Crippen molar-refractivity contribution in [2.75, 3.05) is 11.5 Å². The fraction of sp³-hybridized carbons (Fsp3) is 0.700. The molecule has 0 atom stereocenters. The number of carbonyl (C=O) groups is 1. The first-order valence-electron chi connectivity index (χ1n) is 4.48. The number of carbonyl (C=O) groups excluding carboxylic acids is 1. The Morgan fingerprint density at radius 1 is 1.42 bits per heavy atom. The summed E-state index contributed by atoms with van der Waals surface area (Å²) < 4.78 is 0. The second-order valence-electron chi connectivity index (χ2n) is 3.42. The van der Waals surface area contributed by atoms with Gasteiger partial charge < -0.3 is 4.79 Å². The highest BCUT2D eigenvalue weighted by Crippen LogP contribution is 2.37. The Labute approximate surface area is 78.6 Å². The highest BCUT2D eigenvalue weighted by Gasteiger charge is 2.30. The van der Waals surface area contributed by atoms with Crippen molar-refractivity contribution in [3.8, 4) is 0 Å². The zero-order valence-corrected chi connectivity index (χ0v) is 8.24. The molecule has 0 saturated carbocycles. The van der Waals surface area contributed by atoms with Crippen LogP contribution in [0.15, 0.2) is 12.7 Å². The third-order valence-corrected chi connectivity index (χ3v) is 3.57. The predicted octanol–water partition coefficient (Wildman–Crippen LogP) is 2.66. The number of allylic oxidation sites excluding steroid dienone is 1. The molecule has 12 heavy (non-hydrogen) atoms. The van der Waals surface area contributed by atoms with Gasteiger partial charge in [0.2, 0.25) is 0 Å². The van der Waals surface area contributed by atoms with Gasteiger partial charge in [0.15, 0.2) is 0 Å². The molecule has 0 aromatic carbocycles. The van der Waals surface area contributed by atoms with Crippen LogP contribution in [0.2, 0.25) is 0 Å². The van der Waals surface area contributed by atoms with Gasteiger partial charge in [0.25, 0.3) is 0 Å². The second-order valence-corrected chi connectivity index (χ2v) is 4.64. The molecule has 1 fully saturated rings. The molecule has 0 amide bonds. The summed E-state index contributed by atoms with van der Waals surface area (Å²) in [5, 5.41) is 0. The van der Waals surface area contributed by atoms with Crippen LogP contribution in [0.3, 0.4) is 0 Å². The zero-order valence-electron chi connectivity index (χ0n) is 7.42. The molecule has 1 rings (SSSR count). The lowest BCUT2D eigenvalue weighted by atomic mass is 9.79. The minimum atomic E-state index is -0.000556. The first kappa shape index (κ1) is 9.85. The Hall–Kier alpha value is -0.240. The van der Waals surface area contributed by atoms with Crippen molar-refractivity contribution in [3.63, 3.8) is 0 Å². The summed E-state index contributed by atoms with van der Waals surface area (Å²) in [6.07, 6.45) is 7.19. The van der Waals surface area contributed by atoms with E-state index in [4.69, 9.17) is 0 Å². The average molecular weight is 184 g/mol. The zero-order chi connectivity index (χ0) is 8.86. The monoisotopic (exact) mass is 184 g/mol. The van der Waals surface area contributed by atoms with Crippen LogP contribution in [-0.4, -0.2) is 17.8 Å². The predicted molar refractivity (Wildman–Crippen MR) is 54.5 cm³/mol. The smallest absolute Gasteiger partial charge is 0.126 e. The molecule has 0 aromatic heterocycles. The Kier molecular flexibility index (Phi) is 3.86. The van der Waals surface area contributed by atoms with E-state index in [1.807, 2.05) is 17.8 Å². The Morgan fingerprint density at radius 3 is 2.58 bits per heavy atom. The topological polar surface area (TPSA) is 17.1 Å². The summed E-state index contributed by atoms with van der Waals surface area (Å²) in [5.74, 6) is 2.30. The van der Waals surface area contributed by atoms with Crippen LogP contribution in [0.25, 0.3) is 0 Å². The van der Waals surface area contributed by atoms with Crippen molar-refractivity contribution in [2.45, 2.75) is 25.7 Å². The second kappa shape index (κ2) is 4.70. The molecule has 2 heteroatoms. The number of hydrogen-bond acceptors (Lipinski definition) is 2. The van der Waals surface area contributed by atoms with Crippen molar-refractivity contribution in [2.24, 2.45) is 5.41 Å². The van der Waals surface area contributed by atoms with Crippen LogP contribution in [0.5, 0.6) is 0 Å². The molecule has 1 aliphatic heterocycles. The molecular weight excluding hydrogens is 168 g/mol. The van der Waals surface area contributed by atoms with Gasteiger partial charge in [0.05, 0.1) is 0 Å². The molecule has 1 nitrogen and oxygen atoms in total. The summed E-state index contributed by atoms with van der Waals surface area (Å²) in [5.41, 5.74) is -0.000556. The standard InChI is InChI=1S/C10H16OS/c1-2-3-4-10(9-11)5-7-12-8-6-10/h2,9H,1,3-8H2. The van der Waals surface area contributed by atoms with Gasteiger partial charge in [-0.05, 0) is 37.2 Å². The number of hydrogen-bond donors (Lipinski definition) is 0. The average Bonchev–Trinajstić information content (AvgIpc) is 2.16. The molecule has 0 unspecified atom stereocenters. The Bertz CT molecular complexity index is 159. The third-order valence-electron chi connectivity index (χ3n) is 2.58. The fourth-order valence-corrected chi connectivity index (χ4v) is 2.90. The van der Waals surface area contributed by atoms with Gasteiger partial charge in [-0.3, -0.25) is 0 Å². The van der Waals surface area contributed by atoms with Gasteiger partial charge in [0.1, 0.15) is 6.29 Å². The Balaban J connectivity index is 2.47. The van der Waals surface area contributed by atoms with E-state index < -0.39 is 0 Å². The molecule has 0 spiro atoms. The van der Waals surface area contributed by atoms with E-state index in [0.717, 1.165) is 37.2 Å². The van der Waals surface area contributed by atoms with Gasteiger partial charge in [-0.1, -0.05) is 6.08 Å². The minimum Gasteiger partial charge on any atom is -0.303 e. The first-order chi connectivity index (χ1) is 5.83. The maximum absolute atomic E-state index is 10.9. The van der Waals surface area contributed by atoms with E-state index in [1.165, 1.54) is 6.29 Å². The van der Waals surface area contributed by atoms with Gasteiger partial charge in [0, 0.05) is 5.41 Å². The largest absolute Gasteiger partial charge is 0.303 e. The van der Waals surface area contributed by atoms with Crippen LogP contribution in [0.1, 0.15) is 25.7 Å². The minimum absolute atomic E-state index is 0.000556. The third kappa shape index (κ3) is 2.37. The SMILES string of the molecule is C=CCCC1(C=O)CCSCC1. The summed E-state index contributed by atoms with van der Waals surface area (Å²) >= 11 is 1.96. The first-order valence-corrected chi connectivity index (χ1v) is 5.63. The van der Waals surface area contributed by atoms with E-state index in [2.05, 4.69) is 6.58 Å². The van der Waals surface area contributed by atoms with Crippen LogP contribution >= 0.6 is 11.8 Å². The Morgan fingerprint density at radius 2 is 2.08 bits per heavy atom. The molecule has 1 aliphatic rings. The van der Waals surface area contributed by atoms with E-state index in [-0.39, 0.29) is 5.41 Å². The molecule has 0 N–H and O–H groups in total. The molecule has 0 aliphatic carbocycles. The molecule has 0 bridgehead atoms. The molecule has 1 heterocycles. The molecule has 0 aromatic rings. The van der Waals surface area contributed by atoms with Crippen LogP contribution in [0.4, 0.5) is 0 Å². The van der Waals surface area contributed by atoms with Gasteiger partial charge >= 0.3 is 0 Å². The van der Waals surface area contributed by atoms with E-state index >= 15 is 0 Å². The highest BCUT2D eigenvalue weighted by atomic mass is 32.2. The van der Waals surface area contributed by atoms with Crippen molar-refractivity contribution < 1.29 is 4.79 Å². The normalized spacial score (nSPS) is 21.7. The van der Waals surface area contributed by atoms with Crippen molar-refractivity contribution in [1.29, 1.82) is 0 Å². The van der Waals surface area contributed by atoms with Gasteiger partial charge in [-0.15, -0.1) is 6.58 Å². The van der Waals surface area contributed by atoms with E-state index in [9.17, 15) is 4.79 Å². The van der Waals surface area contributed by atoms with E-state index in [1.54, 1.807) is 0 Å². The lowest BCUT2D eigenvalue weighted by Gasteiger charge is -2.31. The number of rotatable bonds is 4. The molecular formula is C10H16OS. The van der Waals surface area contributed by atoms with Crippen molar-refractivity contribution in [3.05, 3.63) is 12.7 Å². The van der Waals surface area contributed by atoms with Crippen LogP contribution in [0, 0.1) is 5.41 Å². The van der Waals surface area contributed by atoms with Gasteiger partial charge in [-0.25, -0.2) is 0 Å². The quantitative estimate of drug-likeness (QED) is 0.493. The maximum atomic E-state index is 10.9. The maximum Gasteiger partial charge on any atom is 0.126 e. The molecule has 68 valence electrons. The van der Waals surface area contributed by atoms with E-state index in [0.29, 0.717) is 0 Å². The summed E-state index contributed by atoms with van der Waals surface area (Å²) in [7, 11) is 0. The summed E-state index contributed by atoms with van der Waals surface area (Å²) in [6, 6.07) is 0. The van der Waals surface area contributed by atoms with Gasteiger partial charge in [-0.2, -0.15) is 11.8 Å². The molecule has 0 radical (unpaired) electrons. The van der Waals surface area contributed by atoms with Crippen molar-refractivity contribution >= 4 is 18.0 Å². The summed E-state index contributed by atoms with van der Waals surface area (Å²) in [4.78, 5) is 10.9. The highest BCUT2D eigenvalue weighted by molar-refractivity contribution is 7.99. The lowest BCUT2D eigenvalue weighted by Crippen LogP contribution is -2.27. The fourth-order valence-electron chi connectivity index (χ4n) is 1.59. The summed E-state index contributed by atoms with van der Waals surface area (Å²) in [6.45, 7) is 3.69. The lowest BCUT2D eigenvalue weighted by molar-refractivity contribution is -0.116. The van der Waals surface area contributed by atoms with Crippen molar-refractivity contribution in [1.82, 2.24) is 0 Å². The van der Waals surface area contributed by atoms with Crippen LogP contribution < -0.4 is 0 Å². The van der Waals surface area contributed by atoms with Crippen LogP contribution in [-0.2, 0) is 4.79 Å². The number of aldehydes is 1. The molecule has 1 saturated heterocycles.